The summed E-state index contributed by atoms with van der Waals surface area (Å²) in [4.78, 5) is 38.6. The number of carbonyl (C=O) groups excluding carboxylic acids is 3. The first kappa shape index (κ1) is 20.9. The fourth-order valence-electron chi connectivity index (χ4n) is 3.04. The van der Waals surface area contributed by atoms with Gasteiger partial charge < -0.3 is 5.32 Å². The number of thioether (sulfide) groups is 1. The molecule has 1 saturated heterocycles. The van der Waals surface area contributed by atoms with Crippen LogP contribution in [0.3, 0.4) is 0 Å². The maximum atomic E-state index is 12.5. The maximum absolute atomic E-state index is 12.5. The minimum Gasteiger partial charge on any atom is -0.354 e. The Hall–Kier alpha value is -2.86. The first-order valence-electron chi connectivity index (χ1n) is 9.48. The molecule has 1 heterocycles. The molecule has 0 unspecified atom stereocenters. The normalized spacial score (nSPS) is 15.3. The fourth-order valence-corrected chi connectivity index (χ4v) is 3.91. The molecule has 1 N–H and O–H groups in total. The molecule has 1 aliphatic heterocycles. The average molecular weight is 409 g/mol. The lowest BCUT2D eigenvalue weighted by Crippen LogP contribution is -2.37. The first-order chi connectivity index (χ1) is 13.8. The van der Waals surface area contributed by atoms with Crippen molar-refractivity contribution in [2.24, 2.45) is 0 Å². The van der Waals surface area contributed by atoms with Crippen LogP contribution in [0, 0.1) is 20.8 Å². The van der Waals surface area contributed by atoms with Gasteiger partial charge in [0, 0.05) is 13.1 Å². The molecule has 0 radical (unpaired) electrons. The molecule has 6 heteroatoms. The van der Waals surface area contributed by atoms with Crippen molar-refractivity contribution in [3.05, 3.63) is 75.2 Å². The number of imide groups is 1. The highest BCUT2D eigenvalue weighted by atomic mass is 32.2. The molecule has 0 spiro atoms. The van der Waals surface area contributed by atoms with Crippen LogP contribution in [0.25, 0.3) is 6.08 Å². The second-order valence-corrected chi connectivity index (χ2v) is 8.19. The van der Waals surface area contributed by atoms with Gasteiger partial charge in [-0.15, -0.1) is 0 Å². The van der Waals surface area contributed by atoms with Gasteiger partial charge in [-0.2, -0.15) is 0 Å². The Morgan fingerprint density at radius 2 is 1.72 bits per heavy atom. The van der Waals surface area contributed by atoms with Crippen LogP contribution in [0.5, 0.6) is 0 Å². The van der Waals surface area contributed by atoms with Crippen LogP contribution in [-0.2, 0) is 16.0 Å². The molecule has 150 valence electrons. The Morgan fingerprint density at radius 1 is 1.03 bits per heavy atom. The lowest BCUT2D eigenvalue weighted by atomic mass is 10.0. The molecule has 0 saturated carbocycles. The van der Waals surface area contributed by atoms with E-state index in [0.29, 0.717) is 4.91 Å². The number of nitrogens with one attached hydrogen (secondary N) is 1. The molecule has 3 amide bonds. The van der Waals surface area contributed by atoms with Gasteiger partial charge in [-0.3, -0.25) is 19.3 Å². The molecule has 0 aromatic heterocycles. The highest BCUT2D eigenvalue weighted by molar-refractivity contribution is 8.18. The Bertz CT molecular complexity index is 980. The molecule has 1 aliphatic rings. The van der Waals surface area contributed by atoms with E-state index in [1.54, 1.807) is 6.08 Å². The largest absolute Gasteiger partial charge is 0.354 e. The molecular weight excluding hydrogens is 384 g/mol. The average Bonchev–Trinajstić information content (AvgIpc) is 2.94. The summed E-state index contributed by atoms with van der Waals surface area (Å²) in [5.74, 6) is -0.440. The fraction of sp³-hybridized carbons (Fsp3) is 0.261. The monoisotopic (exact) mass is 408 g/mol. The predicted octanol–water partition coefficient (Wildman–Crippen LogP) is 4.01. The SMILES string of the molecule is Cc1ccc(/C=C2\SC(=O)N(CCNC(=O)Cc3cc(C)ccc3C)C2=O)cc1. The van der Waals surface area contributed by atoms with Crippen molar-refractivity contribution in [1.82, 2.24) is 10.2 Å². The van der Waals surface area contributed by atoms with Crippen LogP contribution >= 0.6 is 11.8 Å². The van der Waals surface area contributed by atoms with Crippen LogP contribution < -0.4 is 5.32 Å². The van der Waals surface area contributed by atoms with E-state index in [2.05, 4.69) is 5.32 Å². The van der Waals surface area contributed by atoms with Crippen molar-refractivity contribution in [2.45, 2.75) is 27.2 Å². The molecule has 0 bridgehead atoms. The second kappa shape index (κ2) is 9.09. The highest BCUT2D eigenvalue weighted by Gasteiger charge is 2.34. The first-order valence-corrected chi connectivity index (χ1v) is 10.3. The van der Waals surface area contributed by atoms with E-state index in [9.17, 15) is 14.4 Å². The van der Waals surface area contributed by atoms with Crippen molar-refractivity contribution in [3.63, 3.8) is 0 Å². The molecule has 1 fully saturated rings. The summed E-state index contributed by atoms with van der Waals surface area (Å²) in [7, 11) is 0. The maximum Gasteiger partial charge on any atom is 0.293 e. The van der Waals surface area contributed by atoms with Crippen LogP contribution in [0.4, 0.5) is 4.79 Å². The Balaban J connectivity index is 1.54. The van der Waals surface area contributed by atoms with Gasteiger partial charge in [0.1, 0.15) is 0 Å². The number of aryl methyl sites for hydroxylation is 3. The number of carbonyl (C=O) groups is 3. The zero-order valence-electron chi connectivity index (χ0n) is 16.8. The number of nitrogens with zero attached hydrogens (tertiary/aromatic N) is 1. The molecule has 29 heavy (non-hydrogen) atoms. The standard InChI is InChI=1S/C23H24N2O3S/c1-15-5-8-18(9-6-15)13-20-22(27)25(23(28)29-20)11-10-24-21(26)14-19-12-16(2)4-7-17(19)3/h4-9,12-13H,10-11,14H2,1-3H3,(H,24,26)/b20-13-. The van der Waals surface area contributed by atoms with E-state index in [-0.39, 0.29) is 36.6 Å². The van der Waals surface area contributed by atoms with Crippen LogP contribution in [-0.4, -0.2) is 35.0 Å². The van der Waals surface area contributed by atoms with E-state index in [0.717, 1.165) is 39.6 Å². The second-order valence-electron chi connectivity index (χ2n) is 7.20. The topological polar surface area (TPSA) is 66.5 Å². The number of amides is 3. The van der Waals surface area contributed by atoms with Crippen molar-refractivity contribution >= 4 is 34.9 Å². The summed E-state index contributed by atoms with van der Waals surface area (Å²) in [6, 6.07) is 13.8. The number of rotatable bonds is 6. The van der Waals surface area contributed by atoms with E-state index in [4.69, 9.17) is 0 Å². The van der Waals surface area contributed by atoms with Crippen LogP contribution in [0.2, 0.25) is 0 Å². The number of hydrogen-bond acceptors (Lipinski definition) is 4. The van der Waals surface area contributed by atoms with Gasteiger partial charge >= 0.3 is 0 Å². The third-order valence-corrected chi connectivity index (χ3v) is 5.67. The van der Waals surface area contributed by atoms with Gasteiger partial charge in [0.15, 0.2) is 0 Å². The number of hydrogen-bond donors (Lipinski definition) is 1. The lowest BCUT2D eigenvalue weighted by molar-refractivity contribution is -0.124. The molecule has 0 atom stereocenters. The summed E-state index contributed by atoms with van der Waals surface area (Å²) in [5.41, 5.74) is 5.17. The molecule has 3 rings (SSSR count). The van der Waals surface area contributed by atoms with E-state index < -0.39 is 0 Å². The minimum atomic E-state index is -0.315. The lowest BCUT2D eigenvalue weighted by Gasteiger charge is -2.13. The summed E-state index contributed by atoms with van der Waals surface area (Å²) in [6.07, 6.45) is 2.01. The van der Waals surface area contributed by atoms with Crippen molar-refractivity contribution < 1.29 is 14.4 Å². The van der Waals surface area contributed by atoms with Crippen molar-refractivity contribution in [3.8, 4) is 0 Å². The van der Waals surface area contributed by atoms with Crippen molar-refractivity contribution in [2.75, 3.05) is 13.1 Å². The summed E-state index contributed by atoms with van der Waals surface area (Å²) >= 11 is 0.932. The molecule has 2 aromatic rings. The van der Waals surface area contributed by atoms with Gasteiger partial charge in [0.25, 0.3) is 11.1 Å². The van der Waals surface area contributed by atoms with Crippen LogP contribution in [0.1, 0.15) is 27.8 Å². The van der Waals surface area contributed by atoms with E-state index in [1.807, 2.05) is 63.2 Å². The van der Waals surface area contributed by atoms with Gasteiger partial charge in [0.2, 0.25) is 5.91 Å². The molecule has 2 aromatic carbocycles. The molecule has 0 aliphatic carbocycles. The van der Waals surface area contributed by atoms with Crippen molar-refractivity contribution in [1.29, 1.82) is 0 Å². The summed E-state index contributed by atoms with van der Waals surface area (Å²) in [6.45, 7) is 6.35. The summed E-state index contributed by atoms with van der Waals surface area (Å²) in [5, 5.41) is 2.49. The van der Waals surface area contributed by atoms with Gasteiger partial charge in [-0.05, 0) is 55.3 Å². The smallest absolute Gasteiger partial charge is 0.293 e. The highest BCUT2D eigenvalue weighted by Crippen LogP contribution is 2.31. The zero-order valence-corrected chi connectivity index (χ0v) is 17.6. The van der Waals surface area contributed by atoms with Gasteiger partial charge in [0.05, 0.1) is 11.3 Å². The third-order valence-electron chi connectivity index (χ3n) is 4.76. The van der Waals surface area contributed by atoms with Gasteiger partial charge in [-0.25, -0.2) is 0 Å². The van der Waals surface area contributed by atoms with Crippen LogP contribution in [0.15, 0.2) is 47.4 Å². The Morgan fingerprint density at radius 3 is 2.45 bits per heavy atom. The number of benzene rings is 2. The van der Waals surface area contributed by atoms with E-state index >= 15 is 0 Å². The van der Waals surface area contributed by atoms with Gasteiger partial charge in [-0.1, -0.05) is 53.6 Å². The third kappa shape index (κ3) is 5.35. The Labute approximate surface area is 175 Å². The van der Waals surface area contributed by atoms with E-state index in [1.165, 1.54) is 4.90 Å². The zero-order chi connectivity index (χ0) is 21.0. The Kier molecular flexibility index (Phi) is 6.54. The molecular formula is C23H24N2O3S. The molecule has 5 nitrogen and oxygen atoms in total. The quantitative estimate of drug-likeness (QED) is 0.734. The predicted molar refractivity (Wildman–Crippen MR) is 116 cm³/mol. The minimum absolute atomic E-state index is 0.124. The summed E-state index contributed by atoms with van der Waals surface area (Å²) < 4.78 is 0.